The average Bonchev–Trinajstić information content (AvgIpc) is 2.80. The summed E-state index contributed by atoms with van der Waals surface area (Å²) in [6, 6.07) is 6.83. The maximum absolute atomic E-state index is 2.58. The van der Waals surface area contributed by atoms with Gasteiger partial charge in [-0.2, -0.15) is 0 Å². The second kappa shape index (κ2) is 6.35. The third kappa shape index (κ3) is 3.56. The fourth-order valence-electron chi connectivity index (χ4n) is 2.77. The number of aryl methyl sites for hydroxylation is 3. The van der Waals surface area contributed by atoms with Gasteiger partial charge < -0.3 is 0 Å². The highest BCUT2D eigenvalue weighted by Crippen LogP contribution is 2.13. The van der Waals surface area contributed by atoms with Crippen LogP contribution in [0.3, 0.4) is 0 Å². The molecule has 2 rings (SSSR count). The molecule has 0 N–H and O–H groups in total. The first kappa shape index (κ1) is 13.6. The highest BCUT2D eigenvalue weighted by molar-refractivity contribution is 5.30. The normalized spacial score (nSPS) is 17.5. The van der Waals surface area contributed by atoms with Crippen molar-refractivity contribution in [1.29, 1.82) is 0 Å². The highest BCUT2D eigenvalue weighted by Gasteiger charge is 2.17. The monoisotopic (exact) mass is 246 g/mol. The largest absolute Gasteiger partial charge is 0.289 e. The van der Waals surface area contributed by atoms with E-state index < -0.39 is 0 Å². The van der Waals surface area contributed by atoms with E-state index in [4.69, 9.17) is 0 Å². The molecule has 1 heterocycles. The summed E-state index contributed by atoms with van der Waals surface area (Å²) in [5, 5.41) is 0. The predicted octanol–water partition coefficient (Wildman–Crippen LogP) is 2.83. The molecular weight excluding hydrogens is 220 g/mol. The molecule has 0 radical (unpaired) electrons. The molecule has 0 atom stereocenters. The predicted molar refractivity (Wildman–Crippen MR) is 77.9 cm³/mol. The zero-order chi connectivity index (χ0) is 13.0. The van der Waals surface area contributed by atoms with E-state index in [0.29, 0.717) is 0 Å². The van der Waals surface area contributed by atoms with Crippen LogP contribution in [0.4, 0.5) is 0 Å². The Morgan fingerprint density at radius 2 is 1.89 bits per heavy atom. The van der Waals surface area contributed by atoms with Gasteiger partial charge in [0.25, 0.3) is 0 Å². The maximum atomic E-state index is 2.58. The molecule has 100 valence electrons. The quantitative estimate of drug-likeness (QED) is 0.788. The lowest BCUT2D eigenvalue weighted by Gasteiger charge is -2.16. The fourth-order valence-corrected chi connectivity index (χ4v) is 2.77. The van der Waals surface area contributed by atoms with Crippen LogP contribution in [0.15, 0.2) is 18.2 Å². The molecule has 1 aliphatic heterocycles. The van der Waals surface area contributed by atoms with E-state index in [1.807, 2.05) is 0 Å². The zero-order valence-electron chi connectivity index (χ0n) is 12.1. The summed E-state index contributed by atoms with van der Waals surface area (Å²) in [5.74, 6) is 0. The molecule has 1 saturated heterocycles. The van der Waals surface area contributed by atoms with E-state index in [1.165, 1.54) is 62.4 Å². The smallest absolute Gasteiger partial charge is 0.0507 e. The van der Waals surface area contributed by atoms with E-state index >= 15 is 0 Å². The minimum atomic E-state index is 1.17. The van der Waals surface area contributed by atoms with Gasteiger partial charge in [0.05, 0.1) is 6.67 Å². The Labute approximate surface area is 112 Å². The fraction of sp³-hybridized carbons (Fsp3) is 0.625. The van der Waals surface area contributed by atoms with Crippen molar-refractivity contribution in [1.82, 2.24) is 9.80 Å². The van der Waals surface area contributed by atoms with Crippen LogP contribution in [0.2, 0.25) is 0 Å². The highest BCUT2D eigenvalue weighted by atomic mass is 15.4. The second-order valence-electron chi connectivity index (χ2n) is 5.50. The molecule has 1 aromatic carbocycles. The minimum absolute atomic E-state index is 1.17. The Hall–Kier alpha value is -0.860. The lowest BCUT2D eigenvalue weighted by molar-refractivity contribution is 0.251. The summed E-state index contributed by atoms with van der Waals surface area (Å²) in [6.45, 7) is 12.7. The lowest BCUT2D eigenvalue weighted by atomic mass is 10.0. The summed E-state index contributed by atoms with van der Waals surface area (Å²) in [7, 11) is 0. The van der Waals surface area contributed by atoms with Crippen molar-refractivity contribution >= 4 is 0 Å². The van der Waals surface area contributed by atoms with Gasteiger partial charge in [0.1, 0.15) is 0 Å². The van der Waals surface area contributed by atoms with Gasteiger partial charge in [-0.15, -0.1) is 0 Å². The van der Waals surface area contributed by atoms with Crippen LogP contribution in [0.1, 0.15) is 30.0 Å². The number of hydrogen-bond donors (Lipinski definition) is 0. The molecule has 0 aliphatic carbocycles. The molecule has 2 heteroatoms. The number of nitrogens with zero attached hydrogens (tertiary/aromatic N) is 2. The number of likely N-dealkylation sites (N-methyl/N-ethyl adjacent to an activating group) is 1. The molecule has 1 fully saturated rings. The maximum Gasteiger partial charge on any atom is 0.0507 e. The van der Waals surface area contributed by atoms with Crippen LogP contribution in [0.5, 0.6) is 0 Å². The van der Waals surface area contributed by atoms with Crippen LogP contribution in [0.25, 0.3) is 0 Å². The van der Waals surface area contributed by atoms with Gasteiger partial charge in [-0.25, -0.2) is 0 Å². The van der Waals surface area contributed by atoms with Gasteiger partial charge in [-0.3, -0.25) is 9.80 Å². The summed E-state index contributed by atoms with van der Waals surface area (Å²) >= 11 is 0. The van der Waals surface area contributed by atoms with Crippen LogP contribution < -0.4 is 0 Å². The number of benzene rings is 1. The van der Waals surface area contributed by atoms with Gasteiger partial charge >= 0.3 is 0 Å². The van der Waals surface area contributed by atoms with Gasteiger partial charge in [-0.05, 0) is 50.9 Å². The SMILES string of the molecule is CCN1CCN(CCCc2ccc(C)cc2C)C1. The molecule has 18 heavy (non-hydrogen) atoms. The van der Waals surface area contributed by atoms with Crippen LogP contribution in [-0.4, -0.2) is 42.6 Å². The molecule has 0 bridgehead atoms. The van der Waals surface area contributed by atoms with Crippen LogP contribution >= 0.6 is 0 Å². The second-order valence-corrected chi connectivity index (χ2v) is 5.50. The van der Waals surface area contributed by atoms with Crippen LogP contribution in [-0.2, 0) is 6.42 Å². The Bertz CT molecular complexity index is 387. The molecule has 1 aromatic rings. The number of rotatable bonds is 5. The van der Waals surface area contributed by atoms with Crippen molar-refractivity contribution in [3.8, 4) is 0 Å². The first-order chi connectivity index (χ1) is 8.69. The van der Waals surface area contributed by atoms with E-state index in [-0.39, 0.29) is 0 Å². The van der Waals surface area contributed by atoms with Gasteiger partial charge in [0, 0.05) is 13.1 Å². The van der Waals surface area contributed by atoms with E-state index in [0.717, 1.165) is 0 Å². The molecule has 2 nitrogen and oxygen atoms in total. The van der Waals surface area contributed by atoms with Gasteiger partial charge in [0.15, 0.2) is 0 Å². The van der Waals surface area contributed by atoms with Crippen molar-refractivity contribution in [3.63, 3.8) is 0 Å². The minimum Gasteiger partial charge on any atom is -0.289 e. The molecule has 0 spiro atoms. The van der Waals surface area contributed by atoms with Gasteiger partial charge in [0.2, 0.25) is 0 Å². The molecule has 0 aromatic heterocycles. The summed E-state index contributed by atoms with van der Waals surface area (Å²) in [5.41, 5.74) is 4.34. The average molecular weight is 246 g/mol. The lowest BCUT2D eigenvalue weighted by Crippen LogP contribution is -2.26. The third-order valence-corrected chi connectivity index (χ3v) is 4.00. The van der Waals surface area contributed by atoms with Crippen molar-refractivity contribution in [2.75, 3.05) is 32.8 Å². The van der Waals surface area contributed by atoms with Crippen molar-refractivity contribution < 1.29 is 0 Å². The summed E-state index contributed by atoms with van der Waals surface area (Å²) in [4.78, 5) is 5.09. The first-order valence-corrected chi connectivity index (χ1v) is 7.20. The van der Waals surface area contributed by atoms with E-state index in [1.54, 1.807) is 0 Å². The van der Waals surface area contributed by atoms with Crippen molar-refractivity contribution in [3.05, 3.63) is 34.9 Å². The van der Waals surface area contributed by atoms with E-state index in [2.05, 4.69) is 48.8 Å². The topological polar surface area (TPSA) is 6.48 Å². The Morgan fingerprint density at radius 3 is 2.56 bits per heavy atom. The van der Waals surface area contributed by atoms with Gasteiger partial charge in [-0.1, -0.05) is 30.7 Å². The Kier molecular flexibility index (Phi) is 4.79. The van der Waals surface area contributed by atoms with Crippen molar-refractivity contribution in [2.45, 2.75) is 33.6 Å². The van der Waals surface area contributed by atoms with E-state index in [9.17, 15) is 0 Å². The first-order valence-electron chi connectivity index (χ1n) is 7.20. The zero-order valence-corrected chi connectivity index (χ0v) is 12.1. The third-order valence-electron chi connectivity index (χ3n) is 4.00. The summed E-state index contributed by atoms with van der Waals surface area (Å²) in [6.07, 6.45) is 2.50. The summed E-state index contributed by atoms with van der Waals surface area (Å²) < 4.78 is 0. The standard InChI is InChI=1S/C16H26N2/c1-4-17-10-11-18(13-17)9-5-6-16-8-7-14(2)12-15(16)3/h7-8,12H,4-6,9-11,13H2,1-3H3. The molecular formula is C16H26N2. The van der Waals surface area contributed by atoms with Crippen molar-refractivity contribution in [2.24, 2.45) is 0 Å². The molecule has 0 amide bonds. The Morgan fingerprint density at radius 1 is 1.11 bits per heavy atom. The Balaban J connectivity index is 1.75. The van der Waals surface area contributed by atoms with Crippen LogP contribution in [0, 0.1) is 13.8 Å². The molecule has 1 aliphatic rings. The number of hydrogen-bond acceptors (Lipinski definition) is 2. The molecule has 0 unspecified atom stereocenters. The molecule has 0 saturated carbocycles.